The van der Waals surface area contributed by atoms with E-state index in [1.54, 1.807) is 6.92 Å². The van der Waals surface area contributed by atoms with Crippen LogP contribution in [0.15, 0.2) is 47.6 Å². The normalized spacial score (nSPS) is 43.1. The van der Waals surface area contributed by atoms with Crippen molar-refractivity contribution >= 4 is 17.9 Å². The van der Waals surface area contributed by atoms with Gasteiger partial charge in [-0.15, -0.1) is 0 Å². The van der Waals surface area contributed by atoms with Crippen LogP contribution in [0.5, 0.6) is 0 Å². The molecule has 5 rings (SSSR count). The molecule has 3 fully saturated rings. The Morgan fingerprint density at radius 3 is 2.37 bits per heavy atom. The second-order valence-electron chi connectivity index (χ2n) is 10.5. The molecule has 0 N–H and O–H groups in total. The van der Waals surface area contributed by atoms with Crippen molar-refractivity contribution in [1.82, 2.24) is 0 Å². The number of carbonyl (C=O) groups is 3. The van der Waals surface area contributed by atoms with Gasteiger partial charge in [-0.3, -0.25) is 0 Å². The SMILES string of the molecule is CC1=CC2OC3CC4OC(=O)C=CC=CC(=O)OCC/C(C)=C\C(=O)OCC2(CC1)C4(C)C31CO1. The number of cyclic esters (lactones) is 2. The van der Waals surface area contributed by atoms with Crippen molar-refractivity contribution in [3.05, 3.63) is 47.6 Å². The molecule has 0 aromatic rings. The Kier molecular flexibility index (Phi) is 6.00. The molecule has 8 heteroatoms. The summed E-state index contributed by atoms with van der Waals surface area (Å²) in [5.41, 5.74) is 0.194. The van der Waals surface area contributed by atoms with Gasteiger partial charge in [0.05, 0.1) is 30.8 Å². The fourth-order valence-electron chi connectivity index (χ4n) is 6.46. The first-order valence-corrected chi connectivity index (χ1v) is 12.2. The van der Waals surface area contributed by atoms with E-state index in [2.05, 4.69) is 19.9 Å². The van der Waals surface area contributed by atoms with E-state index in [-0.39, 0.29) is 25.4 Å². The number of ether oxygens (including phenoxy) is 5. The van der Waals surface area contributed by atoms with E-state index >= 15 is 0 Å². The summed E-state index contributed by atoms with van der Waals surface area (Å²) in [6.45, 7) is 6.77. The maximum absolute atomic E-state index is 12.8. The average Bonchev–Trinajstić information content (AvgIpc) is 3.58. The molecular formula is C27H32O8. The van der Waals surface area contributed by atoms with Gasteiger partial charge >= 0.3 is 17.9 Å². The summed E-state index contributed by atoms with van der Waals surface area (Å²) >= 11 is 0. The predicted molar refractivity (Wildman–Crippen MR) is 124 cm³/mol. The maximum Gasteiger partial charge on any atom is 0.331 e. The minimum Gasteiger partial charge on any atom is -0.462 e. The lowest BCUT2D eigenvalue weighted by Gasteiger charge is -2.58. The van der Waals surface area contributed by atoms with Crippen molar-refractivity contribution in [2.75, 3.05) is 19.8 Å². The van der Waals surface area contributed by atoms with Gasteiger partial charge in [0.1, 0.15) is 18.3 Å². The van der Waals surface area contributed by atoms with Crippen LogP contribution in [0, 0.1) is 10.8 Å². The number of carbonyl (C=O) groups excluding carboxylic acids is 3. The van der Waals surface area contributed by atoms with E-state index in [0.717, 1.165) is 18.4 Å². The fourth-order valence-corrected chi connectivity index (χ4v) is 6.46. The zero-order valence-electron chi connectivity index (χ0n) is 20.4. The highest BCUT2D eigenvalue weighted by Gasteiger charge is 2.83. The molecular weight excluding hydrogens is 452 g/mol. The molecule has 0 aromatic carbocycles. The van der Waals surface area contributed by atoms with E-state index in [0.29, 0.717) is 19.4 Å². The minimum absolute atomic E-state index is 0.125. The van der Waals surface area contributed by atoms with E-state index in [4.69, 9.17) is 23.7 Å². The van der Waals surface area contributed by atoms with Gasteiger partial charge in [-0.25, -0.2) is 14.4 Å². The Bertz CT molecular complexity index is 1050. The highest BCUT2D eigenvalue weighted by atomic mass is 16.6. The molecule has 2 spiro atoms. The first-order chi connectivity index (χ1) is 16.7. The molecule has 188 valence electrons. The van der Waals surface area contributed by atoms with Gasteiger partial charge in [0.25, 0.3) is 0 Å². The number of hydrogen-bond donors (Lipinski definition) is 0. The quantitative estimate of drug-likeness (QED) is 0.224. The van der Waals surface area contributed by atoms with Crippen LogP contribution in [-0.2, 0) is 38.1 Å². The monoisotopic (exact) mass is 484 g/mol. The molecule has 6 atom stereocenters. The molecule has 2 saturated heterocycles. The molecule has 2 bridgehead atoms. The Morgan fingerprint density at radius 2 is 1.63 bits per heavy atom. The number of epoxide rings is 1. The second-order valence-corrected chi connectivity index (χ2v) is 10.5. The number of rotatable bonds is 0. The molecule has 0 amide bonds. The summed E-state index contributed by atoms with van der Waals surface area (Å²) in [7, 11) is 0. The first-order valence-electron chi connectivity index (χ1n) is 12.2. The number of esters is 3. The minimum atomic E-state index is -0.613. The summed E-state index contributed by atoms with van der Waals surface area (Å²) in [6.07, 6.45) is 10.5. The molecule has 0 aromatic heterocycles. The first kappa shape index (κ1) is 24.0. The zero-order valence-corrected chi connectivity index (χ0v) is 20.4. The van der Waals surface area contributed by atoms with Crippen LogP contribution < -0.4 is 0 Å². The van der Waals surface area contributed by atoms with Crippen molar-refractivity contribution in [2.24, 2.45) is 10.8 Å². The van der Waals surface area contributed by atoms with Crippen LogP contribution in [0.4, 0.5) is 0 Å². The van der Waals surface area contributed by atoms with Crippen LogP contribution in [0.1, 0.15) is 46.5 Å². The summed E-state index contributed by atoms with van der Waals surface area (Å²) < 4.78 is 29.7. The summed E-state index contributed by atoms with van der Waals surface area (Å²) in [4.78, 5) is 37.4. The molecule has 35 heavy (non-hydrogen) atoms. The maximum atomic E-state index is 12.8. The van der Waals surface area contributed by atoms with Crippen LogP contribution in [0.2, 0.25) is 0 Å². The molecule has 3 heterocycles. The van der Waals surface area contributed by atoms with Crippen molar-refractivity contribution in [3.63, 3.8) is 0 Å². The summed E-state index contributed by atoms with van der Waals surface area (Å²) in [6, 6.07) is 0. The van der Waals surface area contributed by atoms with Crippen LogP contribution in [-0.4, -0.2) is 61.6 Å². The van der Waals surface area contributed by atoms with Crippen molar-refractivity contribution in [3.8, 4) is 0 Å². The fraction of sp³-hybridized carbons (Fsp3) is 0.593. The van der Waals surface area contributed by atoms with Crippen molar-refractivity contribution in [2.45, 2.75) is 70.4 Å². The predicted octanol–water partition coefficient (Wildman–Crippen LogP) is 3.12. The highest BCUT2D eigenvalue weighted by molar-refractivity contribution is 5.85. The van der Waals surface area contributed by atoms with Crippen LogP contribution >= 0.6 is 0 Å². The van der Waals surface area contributed by atoms with Crippen molar-refractivity contribution < 1.29 is 38.1 Å². The van der Waals surface area contributed by atoms with Gasteiger partial charge in [-0.2, -0.15) is 0 Å². The van der Waals surface area contributed by atoms with Gasteiger partial charge in [-0.1, -0.05) is 36.3 Å². The lowest BCUT2D eigenvalue weighted by atomic mass is 9.51. The van der Waals surface area contributed by atoms with E-state index < -0.39 is 40.4 Å². The van der Waals surface area contributed by atoms with E-state index in [1.165, 1.54) is 36.0 Å². The topological polar surface area (TPSA) is 101 Å². The third-order valence-electron chi connectivity index (χ3n) is 8.63. The van der Waals surface area contributed by atoms with Gasteiger partial charge < -0.3 is 23.7 Å². The lowest BCUT2D eigenvalue weighted by Crippen LogP contribution is -2.66. The Morgan fingerprint density at radius 1 is 0.886 bits per heavy atom. The van der Waals surface area contributed by atoms with Crippen LogP contribution in [0.25, 0.3) is 0 Å². The number of hydrogen-bond acceptors (Lipinski definition) is 8. The lowest BCUT2D eigenvalue weighted by molar-refractivity contribution is -0.232. The Labute approximate surface area is 204 Å². The van der Waals surface area contributed by atoms with Gasteiger partial charge in [0.2, 0.25) is 0 Å². The summed E-state index contributed by atoms with van der Waals surface area (Å²) in [5, 5.41) is 0. The molecule has 3 aliphatic heterocycles. The van der Waals surface area contributed by atoms with Gasteiger partial charge in [0, 0.05) is 36.5 Å². The third-order valence-corrected chi connectivity index (χ3v) is 8.63. The average molecular weight is 485 g/mol. The van der Waals surface area contributed by atoms with Crippen LogP contribution in [0.3, 0.4) is 0 Å². The third kappa shape index (κ3) is 3.87. The van der Waals surface area contributed by atoms with E-state index in [9.17, 15) is 14.4 Å². The Balaban J connectivity index is 1.53. The van der Waals surface area contributed by atoms with E-state index in [1.807, 2.05) is 0 Å². The summed E-state index contributed by atoms with van der Waals surface area (Å²) in [5.74, 6) is -1.50. The standard InChI is InChI=1S/C27H32O8/c1-17-8-10-26-15-32-24(30)13-18(2)9-11-31-22(28)6-4-5-7-23(29)35-19-14-21(34-20(26)12-17)27(16-33-27)25(19,26)3/h4-7,12-13,19-21H,8-11,14-16H2,1-3H3/b6-4?,7-5?,18-13-. The smallest absolute Gasteiger partial charge is 0.331 e. The van der Waals surface area contributed by atoms with Gasteiger partial charge in [0.15, 0.2) is 0 Å². The molecule has 8 nitrogen and oxygen atoms in total. The number of allylic oxidation sites excluding steroid dienone is 3. The van der Waals surface area contributed by atoms with Gasteiger partial charge in [-0.05, 0) is 26.7 Å². The molecule has 2 aliphatic carbocycles. The highest BCUT2D eigenvalue weighted by Crippen LogP contribution is 2.72. The van der Waals surface area contributed by atoms with Crippen molar-refractivity contribution in [1.29, 1.82) is 0 Å². The molecule has 1 saturated carbocycles. The Hall–Kier alpha value is -2.71. The largest absolute Gasteiger partial charge is 0.462 e. The second kappa shape index (κ2) is 8.75. The molecule has 6 unspecified atom stereocenters. The molecule has 5 aliphatic rings. The molecule has 0 radical (unpaired) electrons. The zero-order chi connectivity index (χ0) is 24.8.